The van der Waals surface area contributed by atoms with Crippen LogP contribution in [0.3, 0.4) is 0 Å². The largest absolute Gasteiger partial charge is 0.493 e. The van der Waals surface area contributed by atoms with E-state index >= 15 is 0 Å². The number of methoxy groups -OCH3 is 1. The Morgan fingerprint density at radius 2 is 1.85 bits per heavy atom. The van der Waals surface area contributed by atoms with Crippen molar-refractivity contribution in [3.8, 4) is 11.5 Å². The minimum Gasteiger partial charge on any atom is -0.493 e. The van der Waals surface area contributed by atoms with Gasteiger partial charge in [0.05, 0.1) is 12.8 Å². The molecule has 3 aromatic rings. The number of amides is 2. The number of nitrogens with one attached hydrogen (secondary N) is 2. The number of aryl methyl sites for hydroxylation is 1. The number of hydrogen-bond acceptors (Lipinski definition) is 5. The predicted molar refractivity (Wildman–Crippen MR) is 136 cm³/mol. The second-order valence-corrected chi connectivity index (χ2v) is 7.97. The van der Waals surface area contributed by atoms with Crippen molar-refractivity contribution < 1.29 is 19.1 Å². The molecule has 1 saturated heterocycles. The zero-order valence-electron chi connectivity index (χ0n) is 18.7. The lowest BCUT2D eigenvalue weighted by atomic mass is 10.1. The van der Waals surface area contributed by atoms with E-state index in [1.165, 1.54) is 12.0 Å². The van der Waals surface area contributed by atoms with Crippen molar-refractivity contribution in [1.82, 2.24) is 5.32 Å². The molecule has 0 spiro atoms. The SMILES string of the molecule is COc1cc(/C=C2/NC(=S)N(c3cccc(C)c3)C2=O)ccc1OCC(=O)Nc1ccccc1. The molecule has 7 nitrogen and oxygen atoms in total. The Balaban J connectivity index is 1.46. The molecule has 1 heterocycles. The molecule has 0 aromatic heterocycles. The van der Waals surface area contributed by atoms with Crippen molar-refractivity contribution >= 4 is 46.6 Å². The standard InChI is InChI=1S/C26H23N3O4S/c1-17-7-6-10-20(13-17)29-25(31)21(28-26(29)34)14-18-11-12-22(23(15-18)32-2)33-16-24(30)27-19-8-4-3-5-9-19/h3-15H,16H2,1-2H3,(H,27,30)(H,28,34)/b21-14+. The Bertz CT molecular complexity index is 1270. The lowest BCUT2D eigenvalue weighted by Gasteiger charge is -2.14. The number of benzene rings is 3. The summed E-state index contributed by atoms with van der Waals surface area (Å²) in [5, 5.41) is 6.06. The van der Waals surface area contributed by atoms with Crippen molar-refractivity contribution in [1.29, 1.82) is 0 Å². The number of carbonyl (C=O) groups is 2. The second-order valence-electron chi connectivity index (χ2n) is 7.58. The van der Waals surface area contributed by atoms with Gasteiger partial charge in [-0.25, -0.2) is 0 Å². The van der Waals surface area contributed by atoms with Crippen LogP contribution < -0.4 is 25.0 Å². The minimum atomic E-state index is -0.287. The summed E-state index contributed by atoms with van der Waals surface area (Å²) in [6.45, 7) is 1.78. The number of ether oxygens (including phenoxy) is 2. The van der Waals surface area contributed by atoms with Crippen LogP contribution in [0.4, 0.5) is 11.4 Å². The van der Waals surface area contributed by atoms with Crippen molar-refractivity contribution in [3.05, 3.63) is 89.6 Å². The van der Waals surface area contributed by atoms with Crippen LogP contribution in [0, 0.1) is 6.92 Å². The van der Waals surface area contributed by atoms with Gasteiger partial charge in [0.15, 0.2) is 23.2 Å². The number of para-hydroxylation sites is 1. The molecule has 3 aromatic carbocycles. The van der Waals surface area contributed by atoms with Crippen molar-refractivity contribution in [3.63, 3.8) is 0 Å². The molecule has 34 heavy (non-hydrogen) atoms. The third-order valence-electron chi connectivity index (χ3n) is 5.05. The van der Waals surface area contributed by atoms with E-state index in [0.29, 0.717) is 39.2 Å². The minimum absolute atomic E-state index is 0.175. The van der Waals surface area contributed by atoms with E-state index in [0.717, 1.165) is 5.56 Å². The zero-order chi connectivity index (χ0) is 24.1. The first-order valence-electron chi connectivity index (χ1n) is 10.5. The van der Waals surface area contributed by atoms with Crippen LogP contribution >= 0.6 is 12.2 Å². The normalized spacial score (nSPS) is 14.2. The van der Waals surface area contributed by atoms with Crippen LogP contribution in [0.5, 0.6) is 11.5 Å². The highest BCUT2D eigenvalue weighted by molar-refractivity contribution is 7.80. The van der Waals surface area contributed by atoms with Crippen molar-refractivity contribution in [2.45, 2.75) is 6.92 Å². The summed E-state index contributed by atoms with van der Waals surface area (Å²) in [6.07, 6.45) is 1.69. The Kier molecular flexibility index (Phi) is 6.89. The first-order valence-corrected chi connectivity index (χ1v) is 10.9. The lowest BCUT2D eigenvalue weighted by molar-refractivity contribution is -0.118. The highest BCUT2D eigenvalue weighted by atomic mass is 32.1. The van der Waals surface area contributed by atoms with Gasteiger partial charge >= 0.3 is 0 Å². The van der Waals surface area contributed by atoms with Gasteiger partial charge in [-0.2, -0.15) is 0 Å². The fraction of sp³-hybridized carbons (Fsp3) is 0.115. The number of thiocarbonyl (C=S) groups is 1. The molecule has 0 radical (unpaired) electrons. The van der Waals surface area contributed by atoms with Gasteiger partial charge in [-0.15, -0.1) is 0 Å². The highest BCUT2D eigenvalue weighted by Gasteiger charge is 2.32. The molecular formula is C26H23N3O4S. The molecule has 0 unspecified atom stereocenters. The van der Waals surface area contributed by atoms with Crippen molar-refractivity contribution in [2.24, 2.45) is 0 Å². The first kappa shape index (κ1) is 23.0. The molecule has 0 atom stereocenters. The second kappa shape index (κ2) is 10.2. The van der Waals surface area contributed by atoms with E-state index in [1.54, 1.807) is 36.4 Å². The Labute approximate surface area is 203 Å². The van der Waals surface area contributed by atoms with Gasteiger partial charge in [-0.1, -0.05) is 36.4 Å². The first-order chi connectivity index (χ1) is 16.4. The van der Waals surface area contributed by atoms with Crippen LogP contribution in [0.2, 0.25) is 0 Å². The monoisotopic (exact) mass is 473 g/mol. The third-order valence-corrected chi connectivity index (χ3v) is 5.34. The van der Waals surface area contributed by atoms with E-state index in [-0.39, 0.29) is 18.4 Å². The summed E-state index contributed by atoms with van der Waals surface area (Å²) >= 11 is 5.38. The fourth-order valence-electron chi connectivity index (χ4n) is 3.46. The molecule has 0 saturated carbocycles. The quantitative estimate of drug-likeness (QED) is 0.394. The zero-order valence-corrected chi connectivity index (χ0v) is 19.5. The molecule has 0 bridgehead atoms. The number of nitrogens with zero attached hydrogens (tertiary/aromatic N) is 1. The van der Waals surface area contributed by atoms with Crippen LogP contribution in [0.1, 0.15) is 11.1 Å². The fourth-order valence-corrected chi connectivity index (χ4v) is 3.76. The summed E-state index contributed by atoms with van der Waals surface area (Å²) in [6, 6.07) is 21.9. The van der Waals surface area contributed by atoms with E-state index in [9.17, 15) is 9.59 Å². The smallest absolute Gasteiger partial charge is 0.281 e. The number of anilines is 2. The van der Waals surface area contributed by atoms with Crippen LogP contribution in [0.25, 0.3) is 6.08 Å². The predicted octanol–water partition coefficient (Wildman–Crippen LogP) is 4.28. The topological polar surface area (TPSA) is 79.9 Å². The Hall–Kier alpha value is -4.17. The number of hydrogen-bond donors (Lipinski definition) is 2. The molecule has 2 amide bonds. The van der Waals surface area contributed by atoms with E-state index in [1.807, 2.05) is 49.4 Å². The number of carbonyl (C=O) groups excluding carboxylic acids is 2. The average Bonchev–Trinajstić information content (AvgIpc) is 3.11. The maximum Gasteiger partial charge on any atom is 0.281 e. The highest BCUT2D eigenvalue weighted by Crippen LogP contribution is 2.30. The molecule has 1 aliphatic heterocycles. The summed E-state index contributed by atoms with van der Waals surface area (Å²) in [5.41, 5.74) is 3.49. The van der Waals surface area contributed by atoms with Gasteiger partial charge < -0.3 is 20.1 Å². The molecule has 1 fully saturated rings. The van der Waals surface area contributed by atoms with Gasteiger partial charge in [0, 0.05) is 5.69 Å². The van der Waals surface area contributed by atoms with E-state index in [4.69, 9.17) is 21.7 Å². The Morgan fingerprint density at radius 3 is 2.59 bits per heavy atom. The summed E-state index contributed by atoms with van der Waals surface area (Å²) in [7, 11) is 1.51. The summed E-state index contributed by atoms with van der Waals surface area (Å²) < 4.78 is 11.1. The van der Waals surface area contributed by atoms with Crippen LogP contribution in [-0.2, 0) is 9.59 Å². The molecule has 1 aliphatic rings. The van der Waals surface area contributed by atoms with Crippen LogP contribution in [-0.4, -0.2) is 30.6 Å². The molecule has 0 aliphatic carbocycles. The Morgan fingerprint density at radius 1 is 1.06 bits per heavy atom. The van der Waals surface area contributed by atoms with E-state index in [2.05, 4.69) is 10.6 Å². The molecular weight excluding hydrogens is 450 g/mol. The van der Waals surface area contributed by atoms with Crippen molar-refractivity contribution in [2.75, 3.05) is 23.9 Å². The lowest BCUT2D eigenvalue weighted by Crippen LogP contribution is -2.30. The summed E-state index contributed by atoms with van der Waals surface area (Å²) in [4.78, 5) is 26.6. The molecule has 8 heteroatoms. The maximum absolute atomic E-state index is 13.0. The third kappa shape index (κ3) is 5.24. The molecule has 172 valence electrons. The number of rotatable bonds is 7. The average molecular weight is 474 g/mol. The van der Waals surface area contributed by atoms with Gasteiger partial charge in [0.1, 0.15) is 5.70 Å². The summed E-state index contributed by atoms with van der Waals surface area (Å²) in [5.74, 6) is 0.318. The van der Waals surface area contributed by atoms with Gasteiger partial charge in [0.2, 0.25) is 0 Å². The molecule has 2 N–H and O–H groups in total. The van der Waals surface area contributed by atoms with Gasteiger partial charge in [-0.05, 0) is 72.7 Å². The van der Waals surface area contributed by atoms with E-state index < -0.39 is 0 Å². The van der Waals surface area contributed by atoms with Crippen LogP contribution in [0.15, 0.2) is 78.5 Å². The molecule has 4 rings (SSSR count). The van der Waals surface area contributed by atoms with Gasteiger partial charge in [-0.3, -0.25) is 14.5 Å². The maximum atomic E-state index is 13.0. The van der Waals surface area contributed by atoms with Gasteiger partial charge in [0.25, 0.3) is 11.8 Å².